The molecule has 0 spiro atoms. The highest BCUT2D eigenvalue weighted by atomic mass is 16.3. The molecule has 11 aromatic carbocycles. The Kier molecular flexibility index (Phi) is 7.19. The molecule has 0 unspecified atom stereocenters. The molecular formula is C62H34O4. The van der Waals surface area contributed by atoms with Gasteiger partial charge in [0.2, 0.25) is 0 Å². The molecule has 66 heavy (non-hydrogen) atoms. The monoisotopic (exact) mass is 842 g/mol. The lowest BCUT2D eigenvalue weighted by Crippen LogP contribution is -1.93. The number of benzene rings is 11. The molecule has 0 bridgehead atoms. The SMILES string of the molecule is c1ccc2c(c1)oc1c(-c3ccc(-c4c5ccccc5c(-c5ccc(-c6cccc7c6oc6ccccc67)c6c5oc5ccccc56)c5ccccc45)c4c3oc3ccccc34)cccc12. The molecule has 4 nitrogen and oxygen atoms in total. The van der Waals surface area contributed by atoms with Crippen LogP contribution in [0, 0.1) is 0 Å². The van der Waals surface area contributed by atoms with Crippen LogP contribution in [0.4, 0.5) is 0 Å². The van der Waals surface area contributed by atoms with Crippen molar-refractivity contribution >= 4 is 109 Å². The molecule has 0 aliphatic heterocycles. The highest BCUT2D eigenvalue weighted by Gasteiger charge is 2.26. The summed E-state index contributed by atoms with van der Waals surface area (Å²) in [5.41, 5.74) is 15.4. The first-order valence-electron chi connectivity index (χ1n) is 22.4. The summed E-state index contributed by atoms with van der Waals surface area (Å²) in [5.74, 6) is 0. The summed E-state index contributed by atoms with van der Waals surface area (Å²) in [7, 11) is 0. The normalized spacial score (nSPS) is 12.2. The van der Waals surface area contributed by atoms with Crippen LogP contribution in [-0.2, 0) is 0 Å². The fourth-order valence-corrected chi connectivity index (χ4v) is 11.1. The number of hydrogen-bond donors (Lipinski definition) is 0. The third kappa shape index (κ3) is 4.82. The van der Waals surface area contributed by atoms with Crippen molar-refractivity contribution in [2.24, 2.45) is 0 Å². The van der Waals surface area contributed by atoms with Crippen LogP contribution in [0.15, 0.2) is 224 Å². The van der Waals surface area contributed by atoms with Crippen molar-refractivity contribution < 1.29 is 17.7 Å². The minimum atomic E-state index is 0.831. The van der Waals surface area contributed by atoms with E-state index < -0.39 is 0 Å². The molecule has 4 aromatic heterocycles. The van der Waals surface area contributed by atoms with E-state index in [9.17, 15) is 0 Å². The molecular weight excluding hydrogens is 809 g/mol. The summed E-state index contributed by atoms with van der Waals surface area (Å²) in [6, 6.07) is 72.9. The lowest BCUT2D eigenvalue weighted by molar-refractivity contribution is 0.665. The molecule has 4 heterocycles. The Morgan fingerprint density at radius 3 is 1.00 bits per heavy atom. The molecule has 15 rings (SSSR count). The first-order chi connectivity index (χ1) is 32.8. The van der Waals surface area contributed by atoms with E-state index in [4.69, 9.17) is 17.7 Å². The van der Waals surface area contributed by atoms with Gasteiger partial charge in [-0.25, -0.2) is 0 Å². The molecule has 4 heteroatoms. The van der Waals surface area contributed by atoms with Crippen LogP contribution in [0.5, 0.6) is 0 Å². The molecule has 0 saturated heterocycles. The van der Waals surface area contributed by atoms with Gasteiger partial charge >= 0.3 is 0 Å². The molecule has 0 N–H and O–H groups in total. The first kappa shape index (κ1) is 35.6. The number of fused-ring (bicyclic) bond motifs is 14. The molecule has 0 aliphatic rings. The largest absolute Gasteiger partial charge is 0.455 e. The van der Waals surface area contributed by atoms with Crippen molar-refractivity contribution in [1.29, 1.82) is 0 Å². The van der Waals surface area contributed by atoms with Crippen LogP contribution < -0.4 is 0 Å². The minimum absolute atomic E-state index is 0.831. The third-order valence-electron chi connectivity index (χ3n) is 13.9. The summed E-state index contributed by atoms with van der Waals surface area (Å²) < 4.78 is 27.2. The average Bonchev–Trinajstić information content (AvgIpc) is 4.16. The zero-order valence-electron chi connectivity index (χ0n) is 35.3. The van der Waals surface area contributed by atoms with Crippen LogP contribution in [0.3, 0.4) is 0 Å². The Labute approximate surface area is 376 Å². The fourth-order valence-electron chi connectivity index (χ4n) is 11.1. The molecule has 15 aromatic rings. The van der Waals surface area contributed by atoms with Gasteiger partial charge in [0.1, 0.15) is 44.7 Å². The quantitative estimate of drug-likeness (QED) is 0.166. The predicted octanol–water partition coefficient (Wildman–Crippen LogP) is 18.3. The summed E-state index contributed by atoms with van der Waals surface area (Å²) in [6.45, 7) is 0. The summed E-state index contributed by atoms with van der Waals surface area (Å²) >= 11 is 0. The van der Waals surface area contributed by atoms with Crippen LogP contribution in [0.25, 0.3) is 154 Å². The van der Waals surface area contributed by atoms with Gasteiger partial charge in [0.05, 0.1) is 0 Å². The van der Waals surface area contributed by atoms with Gasteiger partial charge in [-0.05, 0) is 74.6 Å². The van der Waals surface area contributed by atoms with E-state index in [2.05, 4.69) is 170 Å². The summed E-state index contributed by atoms with van der Waals surface area (Å²) in [4.78, 5) is 0. The van der Waals surface area contributed by atoms with Crippen LogP contribution in [0.2, 0.25) is 0 Å². The highest BCUT2D eigenvalue weighted by Crippen LogP contribution is 2.52. The Bertz CT molecular complexity index is 4480. The number of para-hydroxylation sites is 6. The van der Waals surface area contributed by atoms with Gasteiger partial charge in [-0.2, -0.15) is 0 Å². The second kappa shape index (κ2) is 13.3. The number of rotatable bonds is 4. The molecule has 0 saturated carbocycles. The van der Waals surface area contributed by atoms with Crippen LogP contribution in [-0.4, -0.2) is 0 Å². The van der Waals surface area contributed by atoms with Gasteiger partial charge in [-0.3, -0.25) is 0 Å². The second-order valence-electron chi connectivity index (χ2n) is 17.3. The van der Waals surface area contributed by atoms with Crippen molar-refractivity contribution in [3.05, 3.63) is 206 Å². The van der Waals surface area contributed by atoms with E-state index in [0.29, 0.717) is 0 Å². The Morgan fingerprint density at radius 2 is 0.485 bits per heavy atom. The standard InChI is InChI=1S/C62H34O4/c1-3-19-39-37(17-1)55(49-33-32-46(61-58(49)48-22-8-12-30-54(48)65-61)45-26-14-24-43-36-16-6-10-28-52(36)64-60(43)45)38-18-2-4-20-40(38)56(39)50-34-31-41(57-47-21-7-11-29-53(47)66-62(50)57)44-25-13-23-42-35-15-5-9-27-51(35)63-59(42)44/h1-34H. The first-order valence-corrected chi connectivity index (χ1v) is 22.4. The van der Waals surface area contributed by atoms with E-state index >= 15 is 0 Å². The van der Waals surface area contributed by atoms with Gasteiger partial charge in [-0.15, -0.1) is 0 Å². The predicted molar refractivity (Wildman–Crippen MR) is 272 cm³/mol. The summed E-state index contributed by atoms with van der Waals surface area (Å²) in [6.07, 6.45) is 0. The maximum Gasteiger partial charge on any atom is 0.144 e. The maximum atomic E-state index is 7.03. The van der Waals surface area contributed by atoms with E-state index in [0.717, 1.165) is 154 Å². The third-order valence-corrected chi connectivity index (χ3v) is 13.9. The topological polar surface area (TPSA) is 52.6 Å². The van der Waals surface area contributed by atoms with Crippen molar-refractivity contribution in [1.82, 2.24) is 0 Å². The number of furan rings is 4. The zero-order chi connectivity index (χ0) is 43.0. The van der Waals surface area contributed by atoms with Gasteiger partial charge in [-0.1, -0.05) is 170 Å². The zero-order valence-corrected chi connectivity index (χ0v) is 35.3. The van der Waals surface area contributed by atoms with Crippen molar-refractivity contribution in [2.45, 2.75) is 0 Å². The minimum Gasteiger partial charge on any atom is -0.455 e. The van der Waals surface area contributed by atoms with Gasteiger partial charge in [0.15, 0.2) is 0 Å². The highest BCUT2D eigenvalue weighted by molar-refractivity contribution is 6.29. The van der Waals surface area contributed by atoms with Gasteiger partial charge < -0.3 is 17.7 Å². The smallest absolute Gasteiger partial charge is 0.144 e. The molecule has 0 aliphatic carbocycles. The lowest BCUT2D eigenvalue weighted by Gasteiger charge is -2.19. The number of hydrogen-bond acceptors (Lipinski definition) is 4. The maximum absolute atomic E-state index is 7.03. The van der Waals surface area contributed by atoms with Crippen molar-refractivity contribution in [2.75, 3.05) is 0 Å². The van der Waals surface area contributed by atoms with Crippen molar-refractivity contribution in [3.8, 4) is 44.5 Å². The van der Waals surface area contributed by atoms with Crippen molar-refractivity contribution in [3.63, 3.8) is 0 Å². The molecule has 0 radical (unpaired) electrons. The van der Waals surface area contributed by atoms with E-state index in [-0.39, 0.29) is 0 Å². The Balaban J connectivity index is 1.02. The van der Waals surface area contributed by atoms with Gasteiger partial charge in [0.25, 0.3) is 0 Å². The lowest BCUT2D eigenvalue weighted by atomic mass is 9.83. The van der Waals surface area contributed by atoms with Gasteiger partial charge in [0, 0.05) is 70.9 Å². The summed E-state index contributed by atoms with van der Waals surface area (Å²) in [5, 5.41) is 13.2. The Morgan fingerprint density at radius 1 is 0.182 bits per heavy atom. The molecule has 0 atom stereocenters. The Hall–Kier alpha value is -8.86. The molecule has 306 valence electrons. The van der Waals surface area contributed by atoms with E-state index in [1.165, 1.54) is 0 Å². The van der Waals surface area contributed by atoms with Crippen LogP contribution >= 0.6 is 0 Å². The average molecular weight is 843 g/mol. The van der Waals surface area contributed by atoms with Crippen LogP contribution in [0.1, 0.15) is 0 Å². The molecule has 0 amide bonds. The van der Waals surface area contributed by atoms with E-state index in [1.807, 2.05) is 36.4 Å². The van der Waals surface area contributed by atoms with E-state index in [1.54, 1.807) is 0 Å². The molecule has 0 fully saturated rings. The fraction of sp³-hybridized carbons (Fsp3) is 0. The second-order valence-corrected chi connectivity index (χ2v) is 17.3.